The molecule has 0 spiro atoms. The molecule has 1 aliphatic heterocycles. The van der Waals surface area contributed by atoms with Crippen LogP contribution >= 0.6 is 0 Å². The van der Waals surface area contributed by atoms with Crippen molar-refractivity contribution in [3.63, 3.8) is 0 Å². The Morgan fingerprint density at radius 3 is 2.46 bits per heavy atom. The van der Waals surface area contributed by atoms with Gasteiger partial charge in [0.2, 0.25) is 5.91 Å². The van der Waals surface area contributed by atoms with Gasteiger partial charge in [0.1, 0.15) is 0 Å². The fourth-order valence-electron chi connectivity index (χ4n) is 2.76. The molecule has 0 saturated carbocycles. The molecule has 24 heavy (non-hydrogen) atoms. The highest BCUT2D eigenvalue weighted by Gasteiger charge is 2.35. The van der Waals surface area contributed by atoms with Gasteiger partial charge in [-0.25, -0.2) is 0 Å². The van der Waals surface area contributed by atoms with E-state index in [2.05, 4.69) is 5.32 Å². The number of hydrogen-bond acceptors (Lipinski definition) is 3. The molecule has 0 fully saturated rings. The number of carbonyl (C=O) groups is 1. The van der Waals surface area contributed by atoms with E-state index >= 15 is 0 Å². The Kier molecular flexibility index (Phi) is 3.96. The first-order valence-corrected chi connectivity index (χ1v) is 8.91. The maximum Gasteiger partial charge on any atom is 0.326 e. The first-order valence-electron chi connectivity index (χ1n) is 7.51. The van der Waals surface area contributed by atoms with Gasteiger partial charge in [0.25, 0.3) is 0 Å². The van der Waals surface area contributed by atoms with Crippen molar-refractivity contribution in [1.29, 1.82) is 0 Å². The Bertz CT molecular complexity index is 909. The summed E-state index contributed by atoms with van der Waals surface area (Å²) in [4.78, 5) is 12.2. The Morgan fingerprint density at radius 1 is 1.04 bits per heavy atom. The summed E-state index contributed by atoms with van der Waals surface area (Å²) in [5, 5.41) is 2.82. The predicted molar refractivity (Wildman–Crippen MR) is 95.7 cm³/mol. The lowest BCUT2D eigenvalue weighted by Gasteiger charge is -2.13. The fraction of sp³-hybridized carbons (Fsp3) is 0.235. The number of aryl methyl sites for hydroxylation is 1. The summed E-state index contributed by atoms with van der Waals surface area (Å²) in [6.45, 7) is 1.98. The Balaban J connectivity index is 1.78. The number of rotatable bonds is 3. The fourth-order valence-corrected chi connectivity index (χ4v) is 3.93. The lowest BCUT2D eigenvalue weighted by Crippen LogP contribution is -2.32. The van der Waals surface area contributed by atoms with E-state index in [1.807, 2.05) is 31.2 Å². The van der Waals surface area contributed by atoms with Crippen LogP contribution < -0.4 is 13.9 Å². The van der Waals surface area contributed by atoms with Crippen LogP contribution in [0.15, 0.2) is 42.5 Å². The molecule has 7 heteroatoms. The molecule has 0 saturated heterocycles. The second kappa shape index (κ2) is 5.83. The van der Waals surface area contributed by atoms with Crippen LogP contribution in [0.2, 0.25) is 0 Å². The van der Waals surface area contributed by atoms with Crippen molar-refractivity contribution in [1.82, 2.24) is 0 Å². The van der Waals surface area contributed by atoms with Crippen molar-refractivity contribution in [2.75, 3.05) is 28.0 Å². The summed E-state index contributed by atoms with van der Waals surface area (Å²) < 4.78 is 26.7. The molecule has 126 valence electrons. The van der Waals surface area contributed by atoms with Gasteiger partial charge in [0.15, 0.2) is 0 Å². The normalized spacial score (nSPS) is 15.3. The van der Waals surface area contributed by atoms with Gasteiger partial charge in [0.05, 0.1) is 17.8 Å². The van der Waals surface area contributed by atoms with E-state index in [0.717, 1.165) is 11.1 Å². The SMILES string of the molecule is Cc1cccc(CC(=O)Nc2ccc3c(c2)N(C)S(=O)(=O)N3C)c1. The highest BCUT2D eigenvalue weighted by Crippen LogP contribution is 2.40. The highest BCUT2D eigenvalue weighted by molar-refractivity contribution is 7.94. The van der Waals surface area contributed by atoms with Crippen LogP contribution in [-0.4, -0.2) is 28.4 Å². The van der Waals surface area contributed by atoms with Crippen molar-refractivity contribution in [2.24, 2.45) is 0 Å². The average Bonchev–Trinajstić information content (AvgIpc) is 2.68. The first-order chi connectivity index (χ1) is 11.3. The minimum atomic E-state index is -3.51. The molecule has 0 unspecified atom stereocenters. The summed E-state index contributed by atoms with van der Waals surface area (Å²) >= 11 is 0. The van der Waals surface area contributed by atoms with Crippen LogP contribution in [-0.2, 0) is 21.4 Å². The van der Waals surface area contributed by atoms with Gasteiger partial charge < -0.3 is 5.32 Å². The molecule has 2 aromatic rings. The van der Waals surface area contributed by atoms with Gasteiger partial charge in [-0.05, 0) is 30.7 Å². The van der Waals surface area contributed by atoms with E-state index in [1.165, 1.54) is 22.7 Å². The van der Waals surface area contributed by atoms with Gasteiger partial charge in [-0.2, -0.15) is 8.42 Å². The number of nitrogens with one attached hydrogen (secondary N) is 1. The minimum absolute atomic E-state index is 0.141. The molecule has 0 atom stereocenters. The second-order valence-electron chi connectivity index (χ2n) is 5.86. The molecule has 1 amide bonds. The molecule has 0 radical (unpaired) electrons. The van der Waals surface area contributed by atoms with E-state index in [1.54, 1.807) is 18.2 Å². The standard InChI is InChI=1S/C17H19N3O3S/c1-12-5-4-6-13(9-12)10-17(21)18-14-7-8-15-16(11-14)20(3)24(22,23)19(15)2/h4-9,11H,10H2,1-3H3,(H,18,21). The van der Waals surface area contributed by atoms with Crippen molar-refractivity contribution >= 4 is 33.2 Å². The third kappa shape index (κ3) is 2.82. The lowest BCUT2D eigenvalue weighted by atomic mass is 10.1. The monoisotopic (exact) mass is 345 g/mol. The van der Waals surface area contributed by atoms with Crippen LogP contribution in [0.25, 0.3) is 0 Å². The average molecular weight is 345 g/mol. The zero-order chi connectivity index (χ0) is 17.5. The van der Waals surface area contributed by atoms with E-state index in [4.69, 9.17) is 0 Å². The highest BCUT2D eigenvalue weighted by atomic mass is 32.2. The third-order valence-electron chi connectivity index (χ3n) is 4.08. The number of nitrogens with zero attached hydrogens (tertiary/aromatic N) is 2. The number of benzene rings is 2. The summed E-state index contributed by atoms with van der Waals surface area (Å²) in [5.41, 5.74) is 3.75. The third-order valence-corrected chi connectivity index (χ3v) is 5.85. The van der Waals surface area contributed by atoms with Crippen LogP contribution in [0.1, 0.15) is 11.1 Å². The van der Waals surface area contributed by atoms with E-state index < -0.39 is 10.2 Å². The summed E-state index contributed by atoms with van der Waals surface area (Å²) in [6, 6.07) is 12.8. The number of hydrogen-bond donors (Lipinski definition) is 1. The smallest absolute Gasteiger partial charge is 0.326 e. The zero-order valence-electron chi connectivity index (χ0n) is 13.8. The molecule has 3 rings (SSSR count). The van der Waals surface area contributed by atoms with Gasteiger partial charge in [0, 0.05) is 19.8 Å². The minimum Gasteiger partial charge on any atom is -0.326 e. The Morgan fingerprint density at radius 2 is 1.75 bits per heavy atom. The van der Waals surface area contributed by atoms with E-state index in [0.29, 0.717) is 17.1 Å². The van der Waals surface area contributed by atoms with E-state index in [9.17, 15) is 13.2 Å². The number of fused-ring (bicyclic) bond motifs is 1. The first kappa shape index (κ1) is 16.3. The van der Waals surface area contributed by atoms with Crippen LogP contribution in [0.3, 0.4) is 0 Å². The maximum atomic E-state index is 12.2. The van der Waals surface area contributed by atoms with Gasteiger partial charge in [-0.3, -0.25) is 13.4 Å². The van der Waals surface area contributed by atoms with Gasteiger partial charge >= 0.3 is 10.2 Å². The van der Waals surface area contributed by atoms with Gasteiger partial charge in [-0.15, -0.1) is 0 Å². The molecule has 0 aliphatic carbocycles. The summed E-state index contributed by atoms with van der Waals surface area (Å²) in [6.07, 6.45) is 0.271. The Labute approximate surface area is 141 Å². The van der Waals surface area contributed by atoms with E-state index in [-0.39, 0.29) is 12.3 Å². The molecule has 0 bridgehead atoms. The molecular weight excluding hydrogens is 326 g/mol. The largest absolute Gasteiger partial charge is 0.326 e. The molecule has 1 heterocycles. The summed E-state index contributed by atoms with van der Waals surface area (Å²) in [7, 11) is -0.504. The van der Waals surface area contributed by atoms with Crippen molar-refractivity contribution in [2.45, 2.75) is 13.3 Å². The second-order valence-corrected chi connectivity index (χ2v) is 7.85. The van der Waals surface area contributed by atoms with Crippen LogP contribution in [0.5, 0.6) is 0 Å². The summed E-state index contributed by atoms with van der Waals surface area (Å²) in [5.74, 6) is -0.141. The topological polar surface area (TPSA) is 69.7 Å². The van der Waals surface area contributed by atoms with Crippen molar-refractivity contribution in [3.05, 3.63) is 53.6 Å². The number of amides is 1. The predicted octanol–water partition coefficient (Wildman–Crippen LogP) is 2.31. The molecule has 6 nitrogen and oxygen atoms in total. The molecule has 1 aliphatic rings. The van der Waals surface area contributed by atoms with Crippen LogP contribution in [0, 0.1) is 6.92 Å². The molecule has 1 N–H and O–H groups in total. The van der Waals surface area contributed by atoms with Crippen LogP contribution in [0.4, 0.5) is 17.1 Å². The quantitative estimate of drug-likeness (QED) is 0.928. The van der Waals surface area contributed by atoms with Crippen molar-refractivity contribution < 1.29 is 13.2 Å². The molecule has 0 aromatic heterocycles. The Hall–Kier alpha value is -2.54. The molecule has 2 aromatic carbocycles. The molecular formula is C17H19N3O3S. The number of carbonyl (C=O) groups excluding carboxylic acids is 1. The zero-order valence-corrected chi connectivity index (χ0v) is 14.6. The van der Waals surface area contributed by atoms with Crippen molar-refractivity contribution in [3.8, 4) is 0 Å². The lowest BCUT2D eigenvalue weighted by molar-refractivity contribution is -0.115. The van der Waals surface area contributed by atoms with Gasteiger partial charge in [-0.1, -0.05) is 29.8 Å². The number of anilines is 3. The maximum absolute atomic E-state index is 12.2.